The molecule has 0 aliphatic rings. The van der Waals surface area contributed by atoms with Gasteiger partial charge in [-0.05, 0) is 67.1 Å². The molecule has 0 bridgehead atoms. The first-order valence-corrected chi connectivity index (χ1v) is 14.7. The fourth-order valence-electron chi connectivity index (χ4n) is 4.83. The molecule has 0 aliphatic heterocycles. The van der Waals surface area contributed by atoms with Gasteiger partial charge in [0.15, 0.2) is 11.2 Å². The highest BCUT2D eigenvalue weighted by Gasteiger charge is 2.27. The van der Waals surface area contributed by atoms with Crippen LogP contribution in [0.2, 0.25) is 0 Å². The van der Waals surface area contributed by atoms with Crippen LogP contribution in [0.15, 0.2) is 87.8 Å². The van der Waals surface area contributed by atoms with E-state index in [9.17, 15) is 17.6 Å². The Bertz CT molecular complexity index is 2050. The Morgan fingerprint density at radius 3 is 2.43 bits per heavy atom. The van der Waals surface area contributed by atoms with E-state index in [0.29, 0.717) is 56.0 Å². The van der Waals surface area contributed by atoms with Crippen molar-refractivity contribution in [3.63, 3.8) is 0 Å². The van der Waals surface area contributed by atoms with Gasteiger partial charge in [0.1, 0.15) is 17.2 Å². The molecule has 9 nitrogen and oxygen atoms in total. The lowest BCUT2D eigenvalue weighted by atomic mass is 9.97. The number of sulfonamides is 1. The SMILES string of the molecule is CCS(=O)(=O)N(C)c1cc2oc(-c3ccc(F)cc3)c(C(=O)NC)c2cc1-c1cccc(-c2nc3ncccc3o2)c1. The number of carbonyl (C=O) groups excluding carboxylic acids is 1. The number of hydrogen-bond donors (Lipinski definition) is 1. The molecule has 0 saturated heterocycles. The van der Waals surface area contributed by atoms with Crippen LogP contribution in [0.5, 0.6) is 0 Å². The lowest BCUT2D eigenvalue weighted by molar-refractivity contribution is 0.0964. The summed E-state index contributed by atoms with van der Waals surface area (Å²) in [6.07, 6.45) is 1.63. The van der Waals surface area contributed by atoms with Crippen molar-refractivity contribution in [1.29, 1.82) is 0 Å². The van der Waals surface area contributed by atoms with Crippen molar-refractivity contribution >= 4 is 43.8 Å². The molecule has 212 valence electrons. The highest BCUT2D eigenvalue weighted by molar-refractivity contribution is 7.92. The van der Waals surface area contributed by atoms with Crippen LogP contribution in [0.4, 0.5) is 10.1 Å². The third-order valence-corrected chi connectivity index (χ3v) is 8.83. The van der Waals surface area contributed by atoms with E-state index < -0.39 is 21.7 Å². The van der Waals surface area contributed by atoms with E-state index >= 15 is 0 Å². The van der Waals surface area contributed by atoms with Crippen LogP contribution in [-0.2, 0) is 10.0 Å². The molecular formula is C31H25FN4O5S. The second-order valence-electron chi connectivity index (χ2n) is 9.55. The molecule has 0 spiro atoms. The monoisotopic (exact) mass is 584 g/mol. The number of halogens is 1. The molecule has 0 saturated carbocycles. The number of nitrogens with zero attached hydrogens (tertiary/aromatic N) is 3. The number of aromatic nitrogens is 2. The van der Waals surface area contributed by atoms with Gasteiger partial charge < -0.3 is 14.2 Å². The number of oxazole rings is 1. The van der Waals surface area contributed by atoms with Crippen LogP contribution in [0.3, 0.4) is 0 Å². The van der Waals surface area contributed by atoms with Gasteiger partial charge >= 0.3 is 0 Å². The summed E-state index contributed by atoms with van der Waals surface area (Å²) in [5.41, 5.74) is 4.24. The van der Waals surface area contributed by atoms with Gasteiger partial charge in [-0.25, -0.2) is 17.8 Å². The van der Waals surface area contributed by atoms with Crippen molar-refractivity contribution in [2.24, 2.45) is 0 Å². The average Bonchev–Trinajstić information content (AvgIpc) is 3.62. The van der Waals surface area contributed by atoms with Crippen molar-refractivity contribution in [3.05, 3.63) is 90.4 Å². The summed E-state index contributed by atoms with van der Waals surface area (Å²) >= 11 is 0. The molecule has 3 aromatic heterocycles. The Labute approximate surface area is 240 Å². The summed E-state index contributed by atoms with van der Waals surface area (Å²) < 4.78 is 53.1. The zero-order valence-corrected chi connectivity index (χ0v) is 23.7. The van der Waals surface area contributed by atoms with E-state index in [2.05, 4.69) is 15.3 Å². The molecule has 3 aromatic carbocycles. The molecule has 0 aliphatic carbocycles. The lowest BCUT2D eigenvalue weighted by Crippen LogP contribution is -2.28. The van der Waals surface area contributed by atoms with Gasteiger partial charge in [0.25, 0.3) is 5.91 Å². The van der Waals surface area contributed by atoms with Gasteiger partial charge in [0.05, 0.1) is 17.0 Å². The van der Waals surface area contributed by atoms with Crippen LogP contribution < -0.4 is 9.62 Å². The van der Waals surface area contributed by atoms with E-state index in [1.807, 2.05) is 24.3 Å². The molecule has 6 rings (SSSR count). The molecule has 42 heavy (non-hydrogen) atoms. The quantitative estimate of drug-likeness (QED) is 0.235. The zero-order valence-electron chi connectivity index (χ0n) is 22.9. The Morgan fingerprint density at radius 2 is 1.71 bits per heavy atom. The minimum absolute atomic E-state index is 0.126. The number of hydrogen-bond acceptors (Lipinski definition) is 7. The number of amides is 1. The number of anilines is 1. The summed E-state index contributed by atoms with van der Waals surface area (Å²) in [5, 5.41) is 3.11. The van der Waals surface area contributed by atoms with Crippen molar-refractivity contribution in [1.82, 2.24) is 15.3 Å². The Morgan fingerprint density at radius 1 is 0.952 bits per heavy atom. The van der Waals surface area contributed by atoms with Crippen LogP contribution in [0.25, 0.3) is 56.1 Å². The summed E-state index contributed by atoms with van der Waals surface area (Å²) in [4.78, 5) is 21.9. The minimum atomic E-state index is -3.68. The van der Waals surface area contributed by atoms with Crippen molar-refractivity contribution in [2.45, 2.75) is 6.92 Å². The lowest BCUT2D eigenvalue weighted by Gasteiger charge is -2.22. The van der Waals surface area contributed by atoms with Gasteiger partial charge in [0, 0.05) is 48.4 Å². The number of nitrogens with one attached hydrogen (secondary N) is 1. The molecule has 0 atom stereocenters. The molecular weight excluding hydrogens is 559 g/mol. The molecule has 11 heteroatoms. The van der Waals surface area contributed by atoms with Gasteiger partial charge in [-0.1, -0.05) is 12.1 Å². The average molecular weight is 585 g/mol. The fraction of sp³-hybridized carbons (Fsp3) is 0.129. The minimum Gasteiger partial charge on any atom is -0.455 e. The van der Waals surface area contributed by atoms with Crippen LogP contribution >= 0.6 is 0 Å². The molecule has 3 heterocycles. The van der Waals surface area contributed by atoms with Crippen LogP contribution in [-0.4, -0.2) is 44.1 Å². The predicted molar refractivity (Wildman–Crippen MR) is 159 cm³/mol. The van der Waals surface area contributed by atoms with E-state index in [0.717, 1.165) is 0 Å². The topological polar surface area (TPSA) is 119 Å². The Kier molecular flexibility index (Phi) is 6.74. The number of benzene rings is 3. The van der Waals surface area contributed by atoms with Crippen LogP contribution in [0.1, 0.15) is 17.3 Å². The Balaban J connectivity index is 1.61. The van der Waals surface area contributed by atoms with E-state index in [-0.39, 0.29) is 17.1 Å². The van der Waals surface area contributed by atoms with Gasteiger partial charge in [-0.3, -0.25) is 9.10 Å². The maximum atomic E-state index is 13.7. The first-order chi connectivity index (χ1) is 20.2. The number of carbonyl (C=O) groups is 1. The van der Waals surface area contributed by atoms with Gasteiger partial charge in [-0.15, -0.1) is 0 Å². The molecule has 0 fully saturated rings. The van der Waals surface area contributed by atoms with E-state index in [1.54, 1.807) is 37.4 Å². The smallest absolute Gasteiger partial charge is 0.255 e. The Hall–Kier alpha value is -5.03. The van der Waals surface area contributed by atoms with Crippen molar-refractivity contribution in [2.75, 3.05) is 24.2 Å². The van der Waals surface area contributed by atoms with Crippen molar-refractivity contribution in [3.8, 4) is 33.9 Å². The summed E-state index contributed by atoms with van der Waals surface area (Å²) in [6.45, 7) is 1.56. The predicted octanol–water partition coefficient (Wildman–Crippen LogP) is 6.25. The highest BCUT2D eigenvalue weighted by Crippen LogP contribution is 2.42. The number of fused-ring (bicyclic) bond motifs is 2. The maximum Gasteiger partial charge on any atom is 0.255 e. The highest BCUT2D eigenvalue weighted by atomic mass is 32.2. The van der Waals surface area contributed by atoms with Gasteiger partial charge in [0.2, 0.25) is 15.9 Å². The second-order valence-corrected chi connectivity index (χ2v) is 11.8. The second kappa shape index (κ2) is 10.4. The molecule has 1 amide bonds. The maximum absolute atomic E-state index is 13.7. The molecule has 1 N–H and O–H groups in total. The summed E-state index contributed by atoms with van der Waals surface area (Å²) in [5.74, 6) is -0.368. The summed E-state index contributed by atoms with van der Waals surface area (Å²) in [7, 11) is -0.699. The molecule has 0 unspecified atom stereocenters. The molecule has 0 radical (unpaired) electrons. The number of furan rings is 1. The first kappa shape index (κ1) is 27.2. The van der Waals surface area contributed by atoms with E-state index in [1.165, 1.54) is 42.7 Å². The zero-order chi connectivity index (χ0) is 29.6. The third-order valence-electron chi connectivity index (χ3n) is 7.07. The largest absolute Gasteiger partial charge is 0.455 e. The van der Waals surface area contributed by atoms with Crippen molar-refractivity contribution < 1.29 is 26.4 Å². The van der Waals surface area contributed by atoms with E-state index in [4.69, 9.17) is 8.83 Å². The first-order valence-electron chi connectivity index (χ1n) is 13.1. The van der Waals surface area contributed by atoms with Gasteiger partial charge in [-0.2, -0.15) is 4.98 Å². The fourth-order valence-corrected chi connectivity index (χ4v) is 5.67. The molecule has 6 aromatic rings. The van der Waals surface area contributed by atoms with Crippen LogP contribution in [0, 0.1) is 5.82 Å². The normalized spacial score (nSPS) is 11.7. The third kappa shape index (κ3) is 4.67. The number of rotatable bonds is 7. The number of pyridine rings is 1. The summed E-state index contributed by atoms with van der Waals surface area (Å²) in [6, 6.07) is 19.8. The standard InChI is InChI=1S/C31H25FN4O5S/c1-4-42(38,39)36(3)24-17-26-23(27(30(37)33-2)28(40-26)18-10-12-21(32)13-11-18)16-22(24)19-7-5-8-20(15-19)31-35-29-25(41-31)9-6-14-34-29/h5-17H,4H2,1-3H3,(H,33,37).